The Morgan fingerprint density at radius 2 is 1.77 bits per heavy atom. The SMILES string of the molecule is CCOC(OCC)c1cc2cnc(Cl)nc2n1C(CC)CC. The maximum atomic E-state index is 5.99. The van der Waals surface area contributed by atoms with E-state index in [9.17, 15) is 0 Å². The minimum Gasteiger partial charge on any atom is -0.347 e. The zero-order chi connectivity index (χ0) is 16.1. The Balaban J connectivity index is 2.62. The van der Waals surface area contributed by atoms with E-state index in [4.69, 9.17) is 21.1 Å². The highest BCUT2D eigenvalue weighted by Crippen LogP contribution is 2.32. The van der Waals surface area contributed by atoms with Crippen molar-refractivity contribution in [2.24, 2.45) is 0 Å². The largest absolute Gasteiger partial charge is 0.347 e. The average Bonchev–Trinajstić information content (AvgIpc) is 2.87. The molecule has 2 heterocycles. The van der Waals surface area contributed by atoms with Crippen LogP contribution in [-0.2, 0) is 9.47 Å². The van der Waals surface area contributed by atoms with Crippen molar-refractivity contribution in [1.29, 1.82) is 0 Å². The molecule has 6 heteroatoms. The Bertz CT molecular complexity index is 605. The van der Waals surface area contributed by atoms with Gasteiger partial charge in [0.2, 0.25) is 5.28 Å². The Labute approximate surface area is 136 Å². The molecule has 0 amide bonds. The number of aromatic nitrogens is 3. The molecule has 0 N–H and O–H groups in total. The second-order valence-corrected chi connectivity index (χ2v) is 5.41. The van der Waals surface area contributed by atoms with Gasteiger partial charge in [-0.2, -0.15) is 4.98 Å². The van der Waals surface area contributed by atoms with Crippen molar-refractivity contribution in [2.75, 3.05) is 13.2 Å². The molecule has 0 atom stereocenters. The van der Waals surface area contributed by atoms with Crippen LogP contribution < -0.4 is 0 Å². The molecule has 0 unspecified atom stereocenters. The van der Waals surface area contributed by atoms with Gasteiger partial charge in [-0.1, -0.05) is 13.8 Å². The fourth-order valence-electron chi connectivity index (χ4n) is 2.75. The molecule has 0 saturated heterocycles. The van der Waals surface area contributed by atoms with Gasteiger partial charge < -0.3 is 14.0 Å². The summed E-state index contributed by atoms with van der Waals surface area (Å²) in [6.45, 7) is 9.44. The third-order valence-electron chi connectivity index (χ3n) is 3.76. The number of ether oxygens (including phenoxy) is 2. The van der Waals surface area contributed by atoms with E-state index in [1.54, 1.807) is 6.20 Å². The molecule has 0 fully saturated rings. The van der Waals surface area contributed by atoms with Crippen molar-refractivity contribution < 1.29 is 9.47 Å². The number of halogens is 1. The van der Waals surface area contributed by atoms with Crippen LogP contribution in [0.15, 0.2) is 12.3 Å². The molecule has 0 aliphatic carbocycles. The molecule has 0 spiro atoms. The first-order valence-corrected chi connectivity index (χ1v) is 8.30. The van der Waals surface area contributed by atoms with Crippen molar-refractivity contribution >= 4 is 22.6 Å². The molecule has 22 heavy (non-hydrogen) atoms. The summed E-state index contributed by atoms with van der Waals surface area (Å²) in [7, 11) is 0. The molecule has 122 valence electrons. The molecule has 5 nitrogen and oxygen atoms in total. The molecule has 0 saturated carbocycles. The molecule has 0 bridgehead atoms. The van der Waals surface area contributed by atoms with Crippen LogP contribution in [0, 0.1) is 0 Å². The first kappa shape index (κ1) is 17.2. The summed E-state index contributed by atoms with van der Waals surface area (Å²) in [6.07, 6.45) is 3.35. The van der Waals surface area contributed by atoms with Crippen LogP contribution in [0.2, 0.25) is 5.28 Å². The summed E-state index contributed by atoms with van der Waals surface area (Å²) in [5, 5.41) is 1.21. The van der Waals surface area contributed by atoms with Crippen molar-refractivity contribution in [2.45, 2.75) is 52.9 Å². The third-order valence-corrected chi connectivity index (χ3v) is 3.94. The second-order valence-electron chi connectivity index (χ2n) is 5.07. The van der Waals surface area contributed by atoms with Crippen LogP contribution >= 0.6 is 11.6 Å². The minimum absolute atomic E-state index is 0.258. The zero-order valence-corrected chi connectivity index (χ0v) is 14.4. The van der Waals surface area contributed by atoms with E-state index in [-0.39, 0.29) is 5.28 Å². The molecule has 2 aromatic heterocycles. The Kier molecular flexibility index (Phi) is 6.17. The van der Waals surface area contributed by atoms with Crippen LogP contribution in [0.25, 0.3) is 11.0 Å². The topological polar surface area (TPSA) is 49.2 Å². The third kappa shape index (κ3) is 3.42. The van der Waals surface area contributed by atoms with Gasteiger partial charge in [0.15, 0.2) is 6.29 Å². The zero-order valence-electron chi connectivity index (χ0n) is 13.7. The summed E-state index contributed by atoms with van der Waals surface area (Å²) in [5.41, 5.74) is 1.82. The van der Waals surface area contributed by atoms with Gasteiger partial charge in [-0.05, 0) is 44.4 Å². The molecular formula is C16H24ClN3O2. The lowest BCUT2D eigenvalue weighted by atomic mass is 10.1. The maximum absolute atomic E-state index is 5.99. The molecule has 0 aliphatic heterocycles. The van der Waals surface area contributed by atoms with Crippen LogP contribution in [0.3, 0.4) is 0 Å². The number of nitrogens with zero attached hydrogens (tertiary/aromatic N) is 3. The highest BCUT2D eigenvalue weighted by Gasteiger charge is 2.23. The number of hydrogen-bond acceptors (Lipinski definition) is 4. The first-order valence-electron chi connectivity index (χ1n) is 7.92. The van der Waals surface area contributed by atoms with Gasteiger partial charge in [0.05, 0.1) is 5.69 Å². The lowest BCUT2D eigenvalue weighted by Gasteiger charge is -2.24. The van der Waals surface area contributed by atoms with E-state index in [1.165, 1.54) is 0 Å². The van der Waals surface area contributed by atoms with Gasteiger partial charge in [-0.3, -0.25) is 0 Å². The number of hydrogen-bond donors (Lipinski definition) is 0. The van der Waals surface area contributed by atoms with E-state index in [0.717, 1.165) is 29.6 Å². The molecule has 2 rings (SSSR count). The predicted molar refractivity (Wildman–Crippen MR) is 88.2 cm³/mol. The number of rotatable bonds is 8. The normalized spacial score (nSPS) is 12.0. The van der Waals surface area contributed by atoms with Crippen molar-refractivity contribution in [3.63, 3.8) is 0 Å². The highest BCUT2D eigenvalue weighted by atomic mass is 35.5. The smallest absolute Gasteiger partial charge is 0.224 e. The lowest BCUT2D eigenvalue weighted by Crippen LogP contribution is -2.17. The van der Waals surface area contributed by atoms with Gasteiger partial charge in [-0.15, -0.1) is 0 Å². The standard InChI is InChI=1S/C16H24ClN3O2/c1-5-12(6-2)20-13(15(21-7-3)22-8-4)9-11-10-18-16(17)19-14(11)20/h9-10,12,15H,5-8H2,1-4H3. The fourth-order valence-corrected chi connectivity index (χ4v) is 2.88. The molecule has 0 aromatic carbocycles. The summed E-state index contributed by atoms with van der Waals surface area (Å²) >= 11 is 5.99. The quantitative estimate of drug-likeness (QED) is 0.529. The predicted octanol–water partition coefficient (Wildman–Crippen LogP) is 4.52. The van der Waals surface area contributed by atoms with E-state index >= 15 is 0 Å². The Morgan fingerprint density at radius 3 is 2.32 bits per heavy atom. The van der Waals surface area contributed by atoms with Gasteiger partial charge in [0.25, 0.3) is 0 Å². The lowest BCUT2D eigenvalue weighted by molar-refractivity contribution is -0.144. The Morgan fingerprint density at radius 1 is 1.14 bits per heavy atom. The Hall–Kier alpha value is -1.17. The van der Waals surface area contributed by atoms with Gasteiger partial charge in [-0.25, -0.2) is 4.98 Å². The van der Waals surface area contributed by atoms with Crippen LogP contribution in [0.5, 0.6) is 0 Å². The van der Waals surface area contributed by atoms with Crippen LogP contribution in [0.4, 0.5) is 0 Å². The summed E-state index contributed by atoms with van der Waals surface area (Å²) < 4.78 is 13.8. The first-order chi connectivity index (χ1) is 10.7. The summed E-state index contributed by atoms with van der Waals surface area (Å²) in [5.74, 6) is 0. The maximum Gasteiger partial charge on any atom is 0.224 e. The highest BCUT2D eigenvalue weighted by molar-refractivity contribution is 6.28. The molecular weight excluding hydrogens is 302 g/mol. The van der Waals surface area contributed by atoms with E-state index in [2.05, 4.69) is 28.4 Å². The second kappa shape index (κ2) is 7.90. The van der Waals surface area contributed by atoms with Gasteiger partial charge in [0.1, 0.15) is 5.65 Å². The van der Waals surface area contributed by atoms with E-state index in [1.807, 2.05) is 19.9 Å². The van der Waals surface area contributed by atoms with Crippen molar-refractivity contribution in [3.05, 3.63) is 23.2 Å². The summed E-state index contributed by atoms with van der Waals surface area (Å²) in [4.78, 5) is 8.51. The van der Waals surface area contributed by atoms with Crippen LogP contribution in [0.1, 0.15) is 58.6 Å². The van der Waals surface area contributed by atoms with E-state index in [0.29, 0.717) is 19.3 Å². The fraction of sp³-hybridized carbons (Fsp3) is 0.625. The van der Waals surface area contributed by atoms with Gasteiger partial charge >= 0.3 is 0 Å². The number of fused-ring (bicyclic) bond motifs is 1. The molecule has 2 aromatic rings. The van der Waals surface area contributed by atoms with Gasteiger partial charge in [0, 0.05) is 30.8 Å². The van der Waals surface area contributed by atoms with Crippen LogP contribution in [-0.4, -0.2) is 27.7 Å². The minimum atomic E-state index is -0.399. The monoisotopic (exact) mass is 325 g/mol. The van der Waals surface area contributed by atoms with Crippen molar-refractivity contribution in [1.82, 2.24) is 14.5 Å². The van der Waals surface area contributed by atoms with E-state index < -0.39 is 6.29 Å². The summed E-state index contributed by atoms with van der Waals surface area (Å²) in [6, 6.07) is 2.36. The molecule has 0 aliphatic rings. The molecule has 0 radical (unpaired) electrons. The van der Waals surface area contributed by atoms with Crippen molar-refractivity contribution in [3.8, 4) is 0 Å². The average molecular weight is 326 g/mol.